The van der Waals surface area contributed by atoms with Crippen molar-refractivity contribution in [2.24, 2.45) is 0 Å². The van der Waals surface area contributed by atoms with Crippen molar-refractivity contribution in [1.29, 1.82) is 0 Å². The number of rotatable bonds is 7. The lowest BCUT2D eigenvalue weighted by atomic mass is 10.1. The first kappa shape index (κ1) is 28.2. The van der Waals surface area contributed by atoms with Gasteiger partial charge < -0.3 is 15.0 Å². The highest BCUT2D eigenvalue weighted by Crippen LogP contribution is 2.30. The summed E-state index contributed by atoms with van der Waals surface area (Å²) in [6.45, 7) is 9.31. The predicted molar refractivity (Wildman–Crippen MR) is 140 cm³/mol. The summed E-state index contributed by atoms with van der Waals surface area (Å²) >= 11 is 1.33. The Hall–Kier alpha value is -3.33. The Morgan fingerprint density at radius 2 is 1.68 bits per heavy atom. The molecule has 0 fully saturated rings. The highest BCUT2D eigenvalue weighted by Gasteiger charge is 2.32. The fourth-order valence-electron chi connectivity index (χ4n) is 3.65. The molecule has 0 aliphatic rings. The van der Waals surface area contributed by atoms with Gasteiger partial charge in [0.05, 0.1) is 5.56 Å². The fourth-order valence-corrected chi connectivity index (χ4v) is 4.42. The number of thiophene rings is 1. The van der Waals surface area contributed by atoms with Crippen LogP contribution in [0, 0.1) is 13.8 Å². The van der Waals surface area contributed by atoms with Crippen LogP contribution in [-0.2, 0) is 22.1 Å². The Morgan fingerprint density at radius 1 is 1.00 bits per heavy atom. The van der Waals surface area contributed by atoms with Gasteiger partial charge in [-0.2, -0.15) is 13.2 Å². The monoisotopic (exact) mass is 532 g/mol. The Morgan fingerprint density at radius 3 is 2.22 bits per heavy atom. The van der Waals surface area contributed by atoms with Gasteiger partial charge >= 0.3 is 12.3 Å². The first-order valence-electron chi connectivity index (χ1n) is 11.8. The molecule has 2 amide bonds. The highest BCUT2D eigenvalue weighted by atomic mass is 32.1. The molecule has 9 heteroatoms. The van der Waals surface area contributed by atoms with Gasteiger partial charge in [-0.3, -0.25) is 4.79 Å². The van der Waals surface area contributed by atoms with Gasteiger partial charge in [-0.25, -0.2) is 4.79 Å². The van der Waals surface area contributed by atoms with Gasteiger partial charge in [-0.1, -0.05) is 24.3 Å². The SMILES string of the molecule is Cc1ccc(N(CCc2ccc(C(F)(F)F)cc2)C(=O)[C@@H](NC(=O)OC(C)(C)C)c2cccs2)cc1C. The van der Waals surface area contributed by atoms with E-state index < -0.39 is 29.5 Å². The third-order valence-corrected chi connectivity index (χ3v) is 6.65. The Balaban J connectivity index is 1.92. The average Bonchev–Trinajstić information content (AvgIpc) is 3.33. The second kappa shape index (κ2) is 11.4. The normalized spacial score (nSPS) is 12.6. The van der Waals surface area contributed by atoms with E-state index in [0.717, 1.165) is 23.3 Å². The molecule has 0 aliphatic heterocycles. The number of alkyl carbamates (subject to hydrolysis) is 1. The lowest BCUT2D eigenvalue weighted by molar-refractivity contribution is -0.137. The van der Waals surface area contributed by atoms with E-state index >= 15 is 0 Å². The number of nitrogens with one attached hydrogen (secondary N) is 1. The van der Waals surface area contributed by atoms with E-state index in [2.05, 4.69) is 5.32 Å². The molecule has 0 unspecified atom stereocenters. The quantitative estimate of drug-likeness (QED) is 0.349. The number of ether oxygens (including phenoxy) is 1. The van der Waals surface area contributed by atoms with Gasteiger partial charge in [0.25, 0.3) is 5.91 Å². The zero-order valence-corrected chi connectivity index (χ0v) is 22.3. The van der Waals surface area contributed by atoms with Gasteiger partial charge in [-0.15, -0.1) is 11.3 Å². The first-order chi connectivity index (χ1) is 17.2. The zero-order valence-electron chi connectivity index (χ0n) is 21.5. The standard InChI is InChI=1S/C28H31F3N2O3S/c1-18-8-13-22(17-19(18)2)33(15-14-20-9-11-21(12-10-20)28(29,30)31)25(34)24(23-7-6-16-37-23)32-26(35)36-27(3,4)5/h6-13,16-17,24H,14-15H2,1-5H3,(H,32,35)/t24-/m0/s1. The van der Waals surface area contributed by atoms with Crippen molar-refractivity contribution in [1.82, 2.24) is 5.32 Å². The van der Waals surface area contributed by atoms with Gasteiger partial charge in [0.15, 0.2) is 0 Å². The van der Waals surface area contributed by atoms with Crippen LogP contribution in [0.15, 0.2) is 60.0 Å². The summed E-state index contributed by atoms with van der Waals surface area (Å²) in [5.74, 6) is -0.372. The largest absolute Gasteiger partial charge is 0.444 e. The number of carbonyl (C=O) groups excluding carboxylic acids is 2. The molecule has 1 atom stereocenters. The molecule has 0 saturated heterocycles. The molecule has 0 saturated carbocycles. The summed E-state index contributed by atoms with van der Waals surface area (Å²) in [7, 11) is 0. The van der Waals surface area contributed by atoms with E-state index in [1.165, 1.54) is 23.5 Å². The van der Waals surface area contributed by atoms with Crippen LogP contribution in [0.5, 0.6) is 0 Å². The minimum absolute atomic E-state index is 0.199. The van der Waals surface area contributed by atoms with Crippen LogP contribution in [0.4, 0.5) is 23.7 Å². The van der Waals surface area contributed by atoms with Gasteiger partial charge in [0, 0.05) is 17.1 Å². The van der Waals surface area contributed by atoms with Gasteiger partial charge in [-0.05, 0) is 93.4 Å². The molecule has 1 heterocycles. The van der Waals surface area contributed by atoms with E-state index in [1.54, 1.807) is 37.8 Å². The number of amides is 2. The van der Waals surface area contributed by atoms with E-state index in [9.17, 15) is 22.8 Å². The number of nitrogens with zero attached hydrogens (tertiary/aromatic N) is 1. The minimum Gasteiger partial charge on any atom is -0.444 e. The number of anilines is 1. The molecule has 5 nitrogen and oxygen atoms in total. The Bertz CT molecular complexity index is 1220. The summed E-state index contributed by atoms with van der Waals surface area (Å²) in [6.07, 6.45) is -4.82. The maximum Gasteiger partial charge on any atom is 0.416 e. The Kier molecular flexibility index (Phi) is 8.68. The fraction of sp³-hybridized carbons (Fsp3) is 0.357. The van der Waals surface area contributed by atoms with Gasteiger partial charge in [0.2, 0.25) is 0 Å². The minimum atomic E-state index is -4.42. The molecule has 1 N–H and O–H groups in total. The van der Waals surface area contributed by atoms with Crippen LogP contribution in [-0.4, -0.2) is 24.1 Å². The molecular formula is C28H31F3N2O3S. The predicted octanol–water partition coefficient (Wildman–Crippen LogP) is 7.23. The van der Waals surface area contributed by atoms with Crippen LogP contribution < -0.4 is 10.2 Å². The molecule has 3 aromatic rings. The van der Waals surface area contributed by atoms with E-state index in [0.29, 0.717) is 22.5 Å². The smallest absolute Gasteiger partial charge is 0.416 e. The average molecular weight is 533 g/mol. The first-order valence-corrected chi connectivity index (χ1v) is 12.7. The molecule has 0 radical (unpaired) electrons. The van der Waals surface area contributed by atoms with Crippen LogP contribution in [0.3, 0.4) is 0 Å². The summed E-state index contributed by atoms with van der Waals surface area (Å²) in [4.78, 5) is 28.8. The maximum atomic E-state index is 14.0. The lowest BCUT2D eigenvalue weighted by Gasteiger charge is -2.29. The molecule has 2 aromatic carbocycles. The number of hydrogen-bond donors (Lipinski definition) is 1. The molecular weight excluding hydrogens is 501 g/mol. The summed E-state index contributed by atoms with van der Waals surface area (Å²) in [5, 5.41) is 4.52. The number of aryl methyl sites for hydroxylation is 2. The van der Waals surface area contributed by atoms with Crippen molar-refractivity contribution in [3.63, 3.8) is 0 Å². The number of carbonyl (C=O) groups is 2. The lowest BCUT2D eigenvalue weighted by Crippen LogP contribution is -2.45. The van der Waals surface area contributed by atoms with Crippen molar-refractivity contribution in [2.75, 3.05) is 11.4 Å². The van der Waals surface area contributed by atoms with Crippen molar-refractivity contribution < 1.29 is 27.5 Å². The maximum absolute atomic E-state index is 14.0. The topological polar surface area (TPSA) is 58.6 Å². The second-order valence-corrected chi connectivity index (χ2v) is 10.8. The van der Waals surface area contributed by atoms with Crippen LogP contribution >= 0.6 is 11.3 Å². The molecule has 37 heavy (non-hydrogen) atoms. The van der Waals surface area contributed by atoms with Crippen molar-refractivity contribution in [2.45, 2.75) is 58.9 Å². The highest BCUT2D eigenvalue weighted by molar-refractivity contribution is 7.10. The van der Waals surface area contributed by atoms with E-state index in [-0.39, 0.29) is 12.5 Å². The zero-order chi connectivity index (χ0) is 27.4. The number of hydrogen-bond acceptors (Lipinski definition) is 4. The third-order valence-electron chi connectivity index (χ3n) is 5.71. The summed E-state index contributed by atoms with van der Waals surface area (Å²) < 4.78 is 44.3. The van der Waals surface area contributed by atoms with Crippen molar-refractivity contribution in [3.8, 4) is 0 Å². The van der Waals surface area contributed by atoms with Gasteiger partial charge in [0.1, 0.15) is 11.6 Å². The Labute approximate surface area is 219 Å². The summed E-state index contributed by atoms with van der Waals surface area (Å²) in [6, 6.07) is 13.1. The molecule has 3 rings (SSSR count). The number of benzene rings is 2. The molecule has 0 spiro atoms. The van der Waals surface area contributed by atoms with Crippen molar-refractivity contribution >= 4 is 29.0 Å². The molecule has 0 aliphatic carbocycles. The molecule has 198 valence electrons. The molecule has 1 aromatic heterocycles. The van der Waals surface area contributed by atoms with Crippen molar-refractivity contribution in [3.05, 3.63) is 87.1 Å². The van der Waals surface area contributed by atoms with E-state index in [4.69, 9.17) is 4.74 Å². The molecule has 0 bridgehead atoms. The second-order valence-electron chi connectivity index (χ2n) is 9.80. The van der Waals surface area contributed by atoms with Crippen LogP contribution in [0.1, 0.15) is 53.9 Å². The van der Waals surface area contributed by atoms with Crippen LogP contribution in [0.25, 0.3) is 0 Å². The van der Waals surface area contributed by atoms with Crippen LogP contribution in [0.2, 0.25) is 0 Å². The summed E-state index contributed by atoms with van der Waals surface area (Å²) in [5.41, 5.74) is 1.86. The number of alkyl halides is 3. The van der Waals surface area contributed by atoms with E-state index in [1.807, 2.05) is 37.4 Å². The number of halogens is 3. The third kappa shape index (κ3) is 7.82.